The van der Waals surface area contributed by atoms with Crippen LogP contribution in [-0.2, 0) is 4.79 Å². The van der Waals surface area contributed by atoms with Gasteiger partial charge in [-0.2, -0.15) is 5.26 Å². The zero-order chi connectivity index (χ0) is 11.5. The minimum Gasteiger partial charge on any atom is -0.338 e. The van der Waals surface area contributed by atoms with Gasteiger partial charge in [0.1, 0.15) is 6.42 Å². The molecule has 1 aliphatic heterocycles. The van der Waals surface area contributed by atoms with Crippen LogP contribution in [-0.4, -0.2) is 23.9 Å². The molecule has 15 heavy (non-hydrogen) atoms. The SMILES string of the molecule is CC(C)(C)C1=CCN(C(=O)CC#N)CC1. The first kappa shape index (κ1) is 11.8. The van der Waals surface area contributed by atoms with Gasteiger partial charge >= 0.3 is 0 Å². The molecule has 0 aliphatic carbocycles. The molecule has 3 nitrogen and oxygen atoms in total. The highest BCUT2D eigenvalue weighted by Crippen LogP contribution is 2.30. The molecule has 1 aliphatic rings. The maximum Gasteiger partial charge on any atom is 0.237 e. The molecule has 0 saturated heterocycles. The molecule has 0 spiro atoms. The molecule has 0 unspecified atom stereocenters. The van der Waals surface area contributed by atoms with E-state index in [2.05, 4.69) is 26.8 Å². The molecule has 0 radical (unpaired) electrons. The van der Waals surface area contributed by atoms with E-state index in [1.807, 2.05) is 6.07 Å². The molecule has 0 bridgehead atoms. The van der Waals surface area contributed by atoms with E-state index in [1.54, 1.807) is 4.90 Å². The van der Waals surface area contributed by atoms with Crippen LogP contribution in [0.4, 0.5) is 0 Å². The van der Waals surface area contributed by atoms with Crippen LogP contribution in [0.15, 0.2) is 11.6 Å². The van der Waals surface area contributed by atoms with Gasteiger partial charge in [-0.05, 0) is 11.8 Å². The van der Waals surface area contributed by atoms with Crippen molar-refractivity contribution in [2.75, 3.05) is 13.1 Å². The van der Waals surface area contributed by atoms with E-state index in [0.29, 0.717) is 6.54 Å². The molecule has 0 atom stereocenters. The Bertz CT molecular complexity index is 317. The number of carbonyl (C=O) groups is 1. The van der Waals surface area contributed by atoms with E-state index in [1.165, 1.54) is 5.57 Å². The van der Waals surface area contributed by atoms with Crippen molar-refractivity contribution in [3.8, 4) is 6.07 Å². The van der Waals surface area contributed by atoms with Gasteiger partial charge in [0.15, 0.2) is 0 Å². The average molecular weight is 206 g/mol. The van der Waals surface area contributed by atoms with Crippen LogP contribution in [0.25, 0.3) is 0 Å². The quantitative estimate of drug-likeness (QED) is 0.617. The summed E-state index contributed by atoms with van der Waals surface area (Å²) in [5.74, 6) is -0.0540. The first-order valence-corrected chi connectivity index (χ1v) is 5.29. The summed E-state index contributed by atoms with van der Waals surface area (Å²) < 4.78 is 0. The lowest BCUT2D eigenvalue weighted by Gasteiger charge is -2.31. The van der Waals surface area contributed by atoms with Crippen molar-refractivity contribution in [3.05, 3.63) is 11.6 Å². The molecule has 0 aromatic heterocycles. The highest BCUT2D eigenvalue weighted by molar-refractivity contribution is 5.78. The summed E-state index contributed by atoms with van der Waals surface area (Å²) in [6.07, 6.45) is 3.05. The van der Waals surface area contributed by atoms with E-state index < -0.39 is 0 Å². The summed E-state index contributed by atoms with van der Waals surface area (Å²) in [6.45, 7) is 7.97. The van der Waals surface area contributed by atoms with Gasteiger partial charge in [-0.3, -0.25) is 4.79 Å². The Labute approximate surface area is 91.4 Å². The summed E-state index contributed by atoms with van der Waals surface area (Å²) in [5, 5.41) is 8.44. The molecule has 0 saturated carbocycles. The predicted molar refractivity (Wildman–Crippen MR) is 59.0 cm³/mol. The molecule has 0 aromatic rings. The van der Waals surface area contributed by atoms with Gasteiger partial charge in [0.05, 0.1) is 6.07 Å². The lowest BCUT2D eigenvalue weighted by Crippen LogP contribution is -2.36. The Kier molecular flexibility index (Phi) is 3.52. The molecule has 3 heteroatoms. The Morgan fingerprint density at radius 2 is 2.27 bits per heavy atom. The van der Waals surface area contributed by atoms with Crippen LogP contribution < -0.4 is 0 Å². The Hall–Kier alpha value is -1.30. The third-order valence-corrected chi connectivity index (χ3v) is 2.76. The highest BCUT2D eigenvalue weighted by Gasteiger charge is 2.23. The second kappa shape index (κ2) is 4.48. The Morgan fingerprint density at radius 1 is 1.60 bits per heavy atom. The van der Waals surface area contributed by atoms with Crippen LogP contribution in [0.1, 0.15) is 33.6 Å². The van der Waals surface area contributed by atoms with E-state index in [0.717, 1.165) is 13.0 Å². The molecule has 0 N–H and O–H groups in total. The van der Waals surface area contributed by atoms with E-state index in [9.17, 15) is 4.79 Å². The summed E-state index contributed by atoms with van der Waals surface area (Å²) in [7, 11) is 0. The van der Waals surface area contributed by atoms with Gasteiger partial charge in [0.2, 0.25) is 5.91 Å². The van der Waals surface area contributed by atoms with Gasteiger partial charge in [-0.15, -0.1) is 0 Å². The Balaban J connectivity index is 2.59. The summed E-state index contributed by atoms with van der Waals surface area (Å²) >= 11 is 0. The zero-order valence-corrected chi connectivity index (χ0v) is 9.71. The third kappa shape index (κ3) is 3.09. The molecule has 1 rings (SSSR count). The minimum absolute atomic E-state index is 0.00130. The van der Waals surface area contributed by atoms with Crippen molar-refractivity contribution in [2.45, 2.75) is 33.6 Å². The number of carbonyl (C=O) groups excluding carboxylic acids is 1. The fourth-order valence-corrected chi connectivity index (χ4v) is 1.76. The Morgan fingerprint density at radius 3 is 2.67 bits per heavy atom. The summed E-state index contributed by atoms with van der Waals surface area (Å²) in [6, 6.07) is 1.89. The average Bonchev–Trinajstić information content (AvgIpc) is 2.17. The van der Waals surface area contributed by atoms with Gasteiger partial charge in [0, 0.05) is 13.1 Å². The number of hydrogen-bond acceptors (Lipinski definition) is 2. The maximum absolute atomic E-state index is 11.4. The molecular formula is C12H18N2O. The van der Waals surface area contributed by atoms with Crippen LogP contribution >= 0.6 is 0 Å². The third-order valence-electron chi connectivity index (χ3n) is 2.76. The van der Waals surface area contributed by atoms with Gasteiger partial charge in [-0.25, -0.2) is 0 Å². The van der Waals surface area contributed by atoms with Crippen molar-refractivity contribution in [2.24, 2.45) is 5.41 Å². The predicted octanol–water partition coefficient (Wildman–Crippen LogP) is 2.10. The topological polar surface area (TPSA) is 44.1 Å². The first-order chi connectivity index (χ1) is 6.95. The molecule has 0 fully saturated rings. The minimum atomic E-state index is -0.0540. The standard InChI is InChI=1S/C12H18N2O/c1-12(2,3)10-5-8-14(9-6-10)11(15)4-7-13/h5H,4,6,8-9H2,1-3H3. The number of amides is 1. The molecular weight excluding hydrogens is 188 g/mol. The zero-order valence-electron chi connectivity index (χ0n) is 9.71. The van der Waals surface area contributed by atoms with Crippen molar-refractivity contribution in [3.63, 3.8) is 0 Å². The fraction of sp³-hybridized carbons (Fsp3) is 0.667. The normalized spacial score (nSPS) is 16.9. The maximum atomic E-state index is 11.4. The van der Waals surface area contributed by atoms with Crippen LogP contribution in [0.2, 0.25) is 0 Å². The fourth-order valence-electron chi connectivity index (χ4n) is 1.76. The van der Waals surface area contributed by atoms with Crippen LogP contribution in [0, 0.1) is 16.7 Å². The molecule has 82 valence electrons. The summed E-state index contributed by atoms with van der Waals surface area (Å²) in [5.41, 5.74) is 1.60. The highest BCUT2D eigenvalue weighted by atomic mass is 16.2. The van der Waals surface area contributed by atoms with Crippen LogP contribution in [0.5, 0.6) is 0 Å². The van der Waals surface area contributed by atoms with Crippen LogP contribution in [0.3, 0.4) is 0 Å². The molecule has 1 amide bonds. The largest absolute Gasteiger partial charge is 0.338 e. The van der Waals surface area contributed by atoms with Crippen molar-refractivity contribution < 1.29 is 4.79 Å². The van der Waals surface area contributed by atoms with Crippen molar-refractivity contribution in [1.82, 2.24) is 4.90 Å². The van der Waals surface area contributed by atoms with Crippen molar-refractivity contribution in [1.29, 1.82) is 5.26 Å². The second-order valence-corrected chi connectivity index (χ2v) is 4.90. The van der Waals surface area contributed by atoms with E-state index in [-0.39, 0.29) is 17.7 Å². The number of rotatable bonds is 1. The van der Waals surface area contributed by atoms with E-state index >= 15 is 0 Å². The number of nitriles is 1. The van der Waals surface area contributed by atoms with Gasteiger partial charge in [0.25, 0.3) is 0 Å². The molecule has 0 aromatic carbocycles. The smallest absolute Gasteiger partial charge is 0.237 e. The monoisotopic (exact) mass is 206 g/mol. The number of hydrogen-bond donors (Lipinski definition) is 0. The second-order valence-electron chi connectivity index (χ2n) is 4.90. The van der Waals surface area contributed by atoms with E-state index in [4.69, 9.17) is 5.26 Å². The van der Waals surface area contributed by atoms with Gasteiger partial charge < -0.3 is 4.90 Å². The summed E-state index contributed by atoms with van der Waals surface area (Å²) in [4.78, 5) is 13.2. The van der Waals surface area contributed by atoms with Gasteiger partial charge in [-0.1, -0.05) is 32.4 Å². The molecule has 1 heterocycles. The first-order valence-electron chi connectivity index (χ1n) is 5.29. The van der Waals surface area contributed by atoms with Crippen molar-refractivity contribution >= 4 is 5.91 Å². The lowest BCUT2D eigenvalue weighted by molar-refractivity contribution is -0.129. The lowest BCUT2D eigenvalue weighted by atomic mass is 9.83. The number of nitrogens with zero attached hydrogens (tertiary/aromatic N) is 2.